The van der Waals surface area contributed by atoms with Gasteiger partial charge in [0.25, 0.3) is 0 Å². The fourth-order valence-electron chi connectivity index (χ4n) is 3.42. The predicted octanol–water partition coefficient (Wildman–Crippen LogP) is 2.20. The van der Waals surface area contributed by atoms with Gasteiger partial charge in [0, 0.05) is 5.92 Å². The molecule has 1 saturated heterocycles. The molecule has 3 aliphatic rings. The smallest absolute Gasteiger partial charge is 0.416 e. The maximum Gasteiger partial charge on any atom is 0.416 e. The van der Waals surface area contributed by atoms with Crippen LogP contribution >= 0.6 is 0 Å². The number of carbonyl (C=O) groups excluding carboxylic acids is 2. The number of hydrogen-bond donors (Lipinski definition) is 0. The van der Waals surface area contributed by atoms with E-state index >= 15 is 0 Å². The summed E-state index contributed by atoms with van der Waals surface area (Å²) in [6, 6.07) is -0.0897. The third-order valence-electron chi connectivity index (χ3n) is 4.51. The Balaban J connectivity index is 1.79. The molecule has 1 aliphatic heterocycles. The zero-order chi connectivity index (χ0) is 12.9. The van der Waals surface area contributed by atoms with E-state index in [1.54, 1.807) is 0 Å². The molecule has 2 fully saturated rings. The monoisotopic (exact) mass is 249 g/mol. The maximum atomic E-state index is 12.6. The van der Waals surface area contributed by atoms with Gasteiger partial charge in [-0.3, -0.25) is 4.79 Å². The van der Waals surface area contributed by atoms with Crippen LogP contribution < -0.4 is 0 Å². The topological polar surface area (TPSA) is 46.6 Å². The van der Waals surface area contributed by atoms with Gasteiger partial charge < -0.3 is 4.74 Å². The molecule has 4 nitrogen and oxygen atoms in total. The van der Waals surface area contributed by atoms with Gasteiger partial charge >= 0.3 is 6.09 Å². The maximum absolute atomic E-state index is 12.6. The number of cyclic esters (lactones) is 1. The van der Waals surface area contributed by atoms with E-state index in [2.05, 4.69) is 12.2 Å². The van der Waals surface area contributed by atoms with Gasteiger partial charge in [-0.05, 0) is 30.6 Å². The van der Waals surface area contributed by atoms with E-state index in [1.165, 1.54) is 4.90 Å². The third kappa shape index (κ3) is 1.66. The van der Waals surface area contributed by atoms with Gasteiger partial charge in [0.15, 0.2) is 0 Å². The van der Waals surface area contributed by atoms with E-state index < -0.39 is 6.09 Å². The molecule has 4 heteroatoms. The fourth-order valence-corrected chi connectivity index (χ4v) is 3.42. The lowest BCUT2D eigenvalue weighted by Crippen LogP contribution is -2.45. The summed E-state index contributed by atoms with van der Waals surface area (Å²) in [5.74, 6) is 1.10. The number of rotatable bonds is 2. The highest BCUT2D eigenvalue weighted by Gasteiger charge is 2.47. The minimum absolute atomic E-state index is 0.00750. The van der Waals surface area contributed by atoms with Crippen LogP contribution in [0, 0.1) is 23.7 Å². The molecular formula is C14H19NO3. The summed E-state index contributed by atoms with van der Waals surface area (Å²) in [4.78, 5) is 25.7. The van der Waals surface area contributed by atoms with Gasteiger partial charge in [-0.15, -0.1) is 0 Å². The molecule has 0 N–H and O–H groups in total. The molecule has 1 heterocycles. The predicted molar refractivity (Wildman–Crippen MR) is 65.7 cm³/mol. The fraction of sp³-hybridized carbons (Fsp3) is 0.714. The Kier molecular flexibility index (Phi) is 2.68. The van der Waals surface area contributed by atoms with E-state index in [9.17, 15) is 9.59 Å². The first-order chi connectivity index (χ1) is 8.58. The van der Waals surface area contributed by atoms with Crippen molar-refractivity contribution in [3.05, 3.63) is 12.2 Å². The molecule has 0 unspecified atom stereocenters. The summed E-state index contributed by atoms with van der Waals surface area (Å²) in [7, 11) is 0. The Bertz CT molecular complexity index is 415. The van der Waals surface area contributed by atoms with E-state index in [1.807, 2.05) is 13.8 Å². The summed E-state index contributed by atoms with van der Waals surface area (Å²) in [5, 5.41) is 0. The van der Waals surface area contributed by atoms with Crippen LogP contribution in [0.3, 0.4) is 0 Å². The number of amides is 2. The van der Waals surface area contributed by atoms with Crippen molar-refractivity contribution in [1.29, 1.82) is 0 Å². The normalized spacial score (nSPS) is 37.7. The summed E-state index contributed by atoms with van der Waals surface area (Å²) < 4.78 is 5.05. The van der Waals surface area contributed by atoms with Gasteiger partial charge in [-0.1, -0.05) is 26.0 Å². The third-order valence-corrected chi connectivity index (χ3v) is 4.51. The number of carbonyl (C=O) groups is 2. The summed E-state index contributed by atoms with van der Waals surface area (Å²) in [5.41, 5.74) is 0. The average molecular weight is 249 g/mol. The second-order valence-corrected chi connectivity index (χ2v) is 5.98. The zero-order valence-corrected chi connectivity index (χ0v) is 10.8. The average Bonchev–Trinajstić information content (AvgIpc) is 3.01. The summed E-state index contributed by atoms with van der Waals surface area (Å²) in [6.45, 7) is 4.39. The van der Waals surface area contributed by atoms with E-state index in [0.29, 0.717) is 18.4 Å². The number of imide groups is 1. The first-order valence-electron chi connectivity index (χ1n) is 6.76. The van der Waals surface area contributed by atoms with Gasteiger partial charge in [0.05, 0.1) is 6.04 Å². The van der Waals surface area contributed by atoms with Crippen molar-refractivity contribution in [3.8, 4) is 0 Å². The van der Waals surface area contributed by atoms with Crippen LogP contribution in [0.1, 0.15) is 26.7 Å². The second kappa shape index (κ2) is 4.11. The number of hydrogen-bond acceptors (Lipinski definition) is 3. The van der Waals surface area contributed by atoms with Crippen molar-refractivity contribution in [2.24, 2.45) is 23.7 Å². The Morgan fingerprint density at radius 2 is 2.17 bits per heavy atom. The lowest BCUT2D eigenvalue weighted by atomic mass is 9.91. The largest absolute Gasteiger partial charge is 0.447 e. The quantitative estimate of drug-likeness (QED) is 0.705. The van der Waals surface area contributed by atoms with Crippen LogP contribution in [0.5, 0.6) is 0 Å². The zero-order valence-electron chi connectivity index (χ0n) is 10.8. The molecule has 0 aromatic heterocycles. The molecule has 0 aromatic carbocycles. The molecule has 0 spiro atoms. The highest BCUT2D eigenvalue weighted by Crippen LogP contribution is 2.44. The highest BCUT2D eigenvalue weighted by molar-refractivity contribution is 5.95. The van der Waals surface area contributed by atoms with E-state index in [0.717, 1.165) is 12.8 Å². The molecule has 2 aliphatic carbocycles. The Labute approximate surface area is 107 Å². The van der Waals surface area contributed by atoms with Crippen molar-refractivity contribution in [3.63, 3.8) is 0 Å². The number of allylic oxidation sites excluding steroid dienone is 2. The van der Waals surface area contributed by atoms with Crippen LogP contribution in [-0.2, 0) is 9.53 Å². The summed E-state index contributed by atoms with van der Waals surface area (Å²) in [6.07, 6.45) is 5.87. The lowest BCUT2D eigenvalue weighted by Gasteiger charge is -2.27. The van der Waals surface area contributed by atoms with Gasteiger partial charge in [0.1, 0.15) is 6.61 Å². The number of fused-ring (bicyclic) bond motifs is 2. The number of ether oxygens (including phenoxy) is 1. The van der Waals surface area contributed by atoms with Crippen LogP contribution in [0.15, 0.2) is 12.2 Å². The molecule has 2 bridgehead atoms. The lowest BCUT2D eigenvalue weighted by molar-refractivity contribution is -0.134. The van der Waals surface area contributed by atoms with Crippen LogP contribution in [0.25, 0.3) is 0 Å². The summed E-state index contributed by atoms with van der Waals surface area (Å²) >= 11 is 0. The first kappa shape index (κ1) is 11.8. The molecular weight excluding hydrogens is 230 g/mol. The Morgan fingerprint density at radius 3 is 2.72 bits per heavy atom. The minimum Gasteiger partial charge on any atom is -0.447 e. The van der Waals surface area contributed by atoms with E-state index in [-0.39, 0.29) is 23.8 Å². The SMILES string of the molecule is CC(C)[C@H]1COC(=O)N1C(=O)[C@H]1C[C@@H]2C=C[C@H]1C2. The van der Waals surface area contributed by atoms with Gasteiger partial charge in [-0.25, -0.2) is 9.69 Å². The van der Waals surface area contributed by atoms with Gasteiger partial charge in [-0.2, -0.15) is 0 Å². The molecule has 2 amide bonds. The van der Waals surface area contributed by atoms with Crippen molar-refractivity contribution in [2.45, 2.75) is 32.7 Å². The molecule has 4 atom stereocenters. The molecule has 0 radical (unpaired) electrons. The molecule has 3 rings (SSSR count). The van der Waals surface area contributed by atoms with Crippen LogP contribution in [0.2, 0.25) is 0 Å². The molecule has 18 heavy (non-hydrogen) atoms. The van der Waals surface area contributed by atoms with Crippen molar-refractivity contribution < 1.29 is 14.3 Å². The van der Waals surface area contributed by atoms with Crippen molar-refractivity contribution in [1.82, 2.24) is 4.90 Å². The molecule has 0 aromatic rings. The van der Waals surface area contributed by atoms with Crippen molar-refractivity contribution in [2.75, 3.05) is 6.61 Å². The highest BCUT2D eigenvalue weighted by atomic mass is 16.6. The minimum atomic E-state index is -0.453. The van der Waals surface area contributed by atoms with E-state index in [4.69, 9.17) is 4.74 Å². The van der Waals surface area contributed by atoms with Crippen molar-refractivity contribution >= 4 is 12.0 Å². The molecule has 98 valence electrons. The molecule has 1 saturated carbocycles. The van der Waals surface area contributed by atoms with Gasteiger partial charge in [0.2, 0.25) is 5.91 Å². The standard InChI is InChI=1S/C14H19NO3/c1-8(2)12-7-18-14(17)15(12)13(16)11-6-9-3-4-10(11)5-9/h3-4,8-12H,5-7H2,1-2H3/t9-,10+,11+,12-/m1/s1. The first-order valence-corrected chi connectivity index (χ1v) is 6.76. The Morgan fingerprint density at radius 1 is 1.39 bits per heavy atom. The van der Waals surface area contributed by atoms with Crippen LogP contribution in [0.4, 0.5) is 4.79 Å². The second-order valence-electron chi connectivity index (χ2n) is 5.98. The number of nitrogens with zero attached hydrogens (tertiary/aromatic N) is 1. The Hall–Kier alpha value is -1.32. The van der Waals surface area contributed by atoms with Crippen LogP contribution in [-0.4, -0.2) is 29.5 Å².